The van der Waals surface area contributed by atoms with Crippen LogP contribution in [0.1, 0.15) is 36.0 Å². The molecule has 0 spiro atoms. The molecule has 0 bridgehead atoms. The molecule has 1 aromatic carbocycles. The first kappa shape index (κ1) is 13.9. The van der Waals surface area contributed by atoms with Gasteiger partial charge in [0.1, 0.15) is 0 Å². The smallest absolute Gasteiger partial charge is 0.254 e. The van der Waals surface area contributed by atoms with Gasteiger partial charge in [0.25, 0.3) is 5.91 Å². The predicted molar refractivity (Wildman–Crippen MR) is 79.9 cm³/mol. The zero-order valence-electron chi connectivity index (χ0n) is 12.1. The van der Waals surface area contributed by atoms with Gasteiger partial charge in [0.2, 0.25) is 0 Å². The average Bonchev–Trinajstić information content (AvgIpc) is 2.53. The summed E-state index contributed by atoms with van der Waals surface area (Å²) in [4.78, 5) is 22.7. The molecule has 0 aliphatic heterocycles. The standard InChI is InChI=1S/C16H19N3O2/c1-19(14-4-2-3-5-15(14)20)16(21)11-6-7-12-13(10-11)18-9-8-17-12/h6-10,14-15,20H,2-5H2,1H3. The number of rotatable bonds is 2. The number of fused-ring (bicyclic) bond motifs is 1. The zero-order valence-corrected chi connectivity index (χ0v) is 12.1. The van der Waals surface area contributed by atoms with Crippen LogP contribution in [0.2, 0.25) is 0 Å². The lowest BCUT2D eigenvalue weighted by molar-refractivity contribution is 0.0268. The third kappa shape index (κ3) is 2.74. The fourth-order valence-electron chi connectivity index (χ4n) is 2.99. The maximum absolute atomic E-state index is 12.6. The Morgan fingerprint density at radius 1 is 1.19 bits per heavy atom. The van der Waals surface area contributed by atoms with Crippen molar-refractivity contribution in [1.29, 1.82) is 0 Å². The summed E-state index contributed by atoms with van der Waals surface area (Å²) in [5.74, 6) is -0.0755. The van der Waals surface area contributed by atoms with E-state index < -0.39 is 6.10 Å². The van der Waals surface area contributed by atoms with Crippen LogP contribution < -0.4 is 0 Å². The Bertz CT molecular complexity index is 659. The molecule has 21 heavy (non-hydrogen) atoms. The largest absolute Gasteiger partial charge is 0.391 e. The van der Waals surface area contributed by atoms with Crippen LogP contribution in [-0.4, -0.2) is 45.1 Å². The van der Waals surface area contributed by atoms with E-state index in [1.165, 1.54) is 0 Å². The van der Waals surface area contributed by atoms with Gasteiger partial charge in [0.15, 0.2) is 0 Å². The van der Waals surface area contributed by atoms with Gasteiger partial charge in [-0.05, 0) is 31.0 Å². The van der Waals surface area contributed by atoms with Crippen molar-refractivity contribution in [3.8, 4) is 0 Å². The van der Waals surface area contributed by atoms with Crippen molar-refractivity contribution in [2.24, 2.45) is 0 Å². The topological polar surface area (TPSA) is 66.3 Å². The van der Waals surface area contributed by atoms with E-state index in [-0.39, 0.29) is 11.9 Å². The molecule has 2 aromatic rings. The monoisotopic (exact) mass is 285 g/mol. The van der Waals surface area contributed by atoms with Crippen LogP contribution in [0.5, 0.6) is 0 Å². The van der Waals surface area contributed by atoms with E-state index in [0.29, 0.717) is 11.1 Å². The fraction of sp³-hybridized carbons (Fsp3) is 0.438. The third-order valence-corrected chi connectivity index (χ3v) is 4.23. The minimum Gasteiger partial charge on any atom is -0.391 e. The molecule has 5 heteroatoms. The van der Waals surface area contributed by atoms with E-state index in [1.54, 1.807) is 42.5 Å². The van der Waals surface area contributed by atoms with Crippen LogP contribution in [-0.2, 0) is 0 Å². The molecule has 3 rings (SSSR count). The predicted octanol–water partition coefficient (Wildman–Crippen LogP) is 2.01. The lowest BCUT2D eigenvalue weighted by Gasteiger charge is -2.35. The van der Waals surface area contributed by atoms with Gasteiger partial charge in [-0.1, -0.05) is 12.8 Å². The second-order valence-electron chi connectivity index (χ2n) is 5.60. The number of amides is 1. The Morgan fingerprint density at radius 2 is 1.90 bits per heavy atom. The van der Waals surface area contributed by atoms with Gasteiger partial charge >= 0.3 is 0 Å². The second kappa shape index (κ2) is 5.77. The Kier molecular flexibility index (Phi) is 3.84. The van der Waals surface area contributed by atoms with E-state index in [0.717, 1.165) is 31.2 Å². The molecule has 2 unspecified atom stereocenters. The molecule has 1 fully saturated rings. The molecule has 1 N–H and O–H groups in total. The Hall–Kier alpha value is -2.01. The normalized spacial score (nSPS) is 22.2. The van der Waals surface area contributed by atoms with E-state index in [2.05, 4.69) is 9.97 Å². The average molecular weight is 285 g/mol. The number of hydrogen-bond donors (Lipinski definition) is 1. The molecular formula is C16H19N3O2. The molecule has 1 aliphatic rings. The highest BCUT2D eigenvalue weighted by molar-refractivity contribution is 5.97. The number of benzene rings is 1. The zero-order chi connectivity index (χ0) is 14.8. The molecule has 2 atom stereocenters. The molecule has 1 heterocycles. The van der Waals surface area contributed by atoms with Crippen molar-refractivity contribution >= 4 is 16.9 Å². The number of carbonyl (C=O) groups is 1. The molecule has 0 radical (unpaired) electrons. The molecule has 1 aromatic heterocycles. The molecule has 1 amide bonds. The lowest BCUT2D eigenvalue weighted by atomic mass is 9.91. The highest BCUT2D eigenvalue weighted by Gasteiger charge is 2.29. The Labute approximate surface area is 123 Å². The summed E-state index contributed by atoms with van der Waals surface area (Å²) in [6, 6.07) is 5.24. The van der Waals surface area contributed by atoms with Crippen LogP contribution in [0.4, 0.5) is 0 Å². The molecule has 1 aliphatic carbocycles. The number of carbonyl (C=O) groups excluding carboxylic acids is 1. The van der Waals surface area contributed by atoms with Crippen molar-refractivity contribution in [3.05, 3.63) is 36.2 Å². The molecule has 5 nitrogen and oxygen atoms in total. The van der Waals surface area contributed by atoms with Gasteiger partial charge in [-0.3, -0.25) is 14.8 Å². The van der Waals surface area contributed by atoms with Gasteiger partial charge in [-0.15, -0.1) is 0 Å². The summed E-state index contributed by atoms with van der Waals surface area (Å²) in [6.07, 6.45) is 6.54. The van der Waals surface area contributed by atoms with Gasteiger partial charge in [0.05, 0.1) is 23.2 Å². The van der Waals surface area contributed by atoms with Gasteiger partial charge in [-0.2, -0.15) is 0 Å². The summed E-state index contributed by atoms with van der Waals surface area (Å²) in [5.41, 5.74) is 2.07. The molecule has 110 valence electrons. The van der Waals surface area contributed by atoms with Crippen molar-refractivity contribution < 1.29 is 9.90 Å². The van der Waals surface area contributed by atoms with E-state index in [4.69, 9.17) is 0 Å². The van der Waals surface area contributed by atoms with Crippen molar-refractivity contribution in [2.45, 2.75) is 37.8 Å². The number of aliphatic hydroxyl groups is 1. The second-order valence-corrected chi connectivity index (χ2v) is 5.60. The van der Waals surface area contributed by atoms with Crippen molar-refractivity contribution in [2.75, 3.05) is 7.05 Å². The number of nitrogens with zero attached hydrogens (tertiary/aromatic N) is 3. The lowest BCUT2D eigenvalue weighted by Crippen LogP contribution is -2.46. The van der Waals surface area contributed by atoms with E-state index >= 15 is 0 Å². The van der Waals surface area contributed by atoms with Gasteiger partial charge in [0, 0.05) is 25.0 Å². The quantitative estimate of drug-likeness (QED) is 0.916. The van der Waals surface area contributed by atoms with E-state index in [9.17, 15) is 9.90 Å². The summed E-state index contributed by atoms with van der Waals surface area (Å²) in [7, 11) is 1.77. The van der Waals surface area contributed by atoms with Crippen LogP contribution in [0.25, 0.3) is 11.0 Å². The van der Waals surface area contributed by atoms with Gasteiger partial charge in [-0.25, -0.2) is 0 Å². The van der Waals surface area contributed by atoms with Crippen LogP contribution in [0, 0.1) is 0 Å². The van der Waals surface area contributed by atoms with Crippen molar-refractivity contribution in [3.63, 3.8) is 0 Å². The van der Waals surface area contributed by atoms with Crippen molar-refractivity contribution in [1.82, 2.24) is 14.9 Å². The SMILES string of the molecule is CN(C(=O)c1ccc2nccnc2c1)C1CCCCC1O. The maximum atomic E-state index is 12.6. The summed E-state index contributed by atoms with van der Waals surface area (Å²) >= 11 is 0. The summed E-state index contributed by atoms with van der Waals surface area (Å²) in [6.45, 7) is 0. The fourth-order valence-corrected chi connectivity index (χ4v) is 2.99. The van der Waals surface area contributed by atoms with Gasteiger partial charge < -0.3 is 10.0 Å². The van der Waals surface area contributed by atoms with Crippen LogP contribution in [0.15, 0.2) is 30.6 Å². The Balaban J connectivity index is 1.85. The van der Waals surface area contributed by atoms with Crippen LogP contribution >= 0.6 is 0 Å². The van der Waals surface area contributed by atoms with Crippen LogP contribution in [0.3, 0.4) is 0 Å². The highest BCUT2D eigenvalue weighted by Crippen LogP contribution is 2.24. The number of aromatic nitrogens is 2. The maximum Gasteiger partial charge on any atom is 0.254 e. The number of aliphatic hydroxyl groups excluding tert-OH is 1. The first-order chi connectivity index (χ1) is 10.2. The summed E-state index contributed by atoms with van der Waals surface area (Å²) < 4.78 is 0. The molecule has 1 saturated carbocycles. The first-order valence-corrected chi connectivity index (χ1v) is 7.33. The van der Waals surface area contributed by atoms with E-state index in [1.807, 2.05) is 0 Å². The highest BCUT2D eigenvalue weighted by atomic mass is 16.3. The third-order valence-electron chi connectivity index (χ3n) is 4.23. The summed E-state index contributed by atoms with van der Waals surface area (Å²) in [5, 5.41) is 10.1. The molecule has 0 saturated heterocycles. The Morgan fingerprint density at radius 3 is 2.67 bits per heavy atom. The number of hydrogen-bond acceptors (Lipinski definition) is 4. The first-order valence-electron chi connectivity index (χ1n) is 7.33. The number of likely N-dealkylation sites (N-methyl/N-ethyl adjacent to an activating group) is 1. The minimum atomic E-state index is -0.423. The minimum absolute atomic E-state index is 0.0755. The molecular weight excluding hydrogens is 266 g/mol.